The van der Waals surface area contributed by atoms with Crippen molar-refractivity contribution in [2.75, 3.05) is 0 Å². The van der Waals surface area contributed by atoms with Crippen molar-refractivity contribution in [3.8, 4) is 0 Å². The Bertz CT molecular complexity index is 1330. The largest absolute Gasteiger partial charge is 0.306 e. The topological polar surface area (TPSA) is 0 Å². The van der Waals surface area contributed by atoms with E-state index in [-0.39, 0.29) is 17.4 Å². The Kier molecular flexibility index (Phi) is 10.7. The van der Waals surface area contributed by atoms with Crippen molar-refractivity contribution in [1.29, 1.82) is 0 Å². The highest BCUT2D eigenvalue weighted by Crippen LogP contribution is 2.41. The standard InChI is InChI=1S/C36H38F8/c37-29-19-28(34(41)36(43)44)20-30(38)33(29)26-15-11-24(12-16-26)8-6-22-3-1-21(2-4-22)5-7-23-9-13-25(14-10-23)27-17-31(39)35(42)32(40)18-27/h5-8,17-26H,1-4,9-16H2. The zero-order chi connectivity index (χ0) is 31.4. The van der Waals surface area contributed by atoms with E-state index in [0.717, 1.165) is 76.3 Å². The second-order valence-corrected chi connectivity index (χ2v) is 12.9. The van der Waals surface area contributed by atoms with Gasteiger partial charge in [0, 0.05) is 11.1 Å². The second-order valence-electron chi connectivity index (χ2n) is 12.9. The SMILES string of the molecule is FC(F)=C(F)c1cc(F)c(C2CCC(C=CC3CCC(C=CC4CCC(c5cc(F)c(F)c(F)c5)CC4)CC3)CC2)c(F)c1. The van der Waals surface area contributed by atoms with Crippen LogP contribution in [0.1, 0.15) is 106 Å². The maximum absolute atomic E-state index is 14.6. The predicted molar refractivity (Wildman–Crippen MR) is 156 cm³/mol. The molecule has 0 radical (unpaired) electrons. The molecule has 3 fully saturated rings. The highest BCUT2D eigenvalue weighted by atomic mass is 19.3. The molecule has 3 saturated carbocycles. The van der Waals surface area contributed by atoms with Crippen LogP contribution in [0.3, 0.4) is 0 Å². The van der Waals surface area contributed by atoms with E-state index < -0.39 is 46.6 Å². The number of benzene rings is 2. The van der Waals surface area contributed by atoms with Crippen LogP contribution in [0.15, 0.2) is 54.7 Å². The van der Waals surface area contributed by atoms with Crippen LogP contribution in [0.2, 0.25) is 0 Å². The van der Waals surface area contributed by atoms with E-state index >= 15 is 0 Å². The van der Waals surface area contributed by atoms with Gasteiger partial charge in [0.25, 0.3) is 0 Å². The lowest BCUT2D eigenvalue weighted by Gasteiger charge is -2.29. The summed E-state index contributed by atoms with van der Waals surface area (Å²) in [4.78, 5) is 0. The van der Waals surface area contributed by atoms with Gasteiger partial charge in [-0.3, -0.25) is 0 Å². The molecule has 0 nitrogen and oxygen atoms in total. The average molecular weight is 623 g/mol. The molecule has 2 aromatic rings. The van der Waals surface area contributed by atoms with Crippen LogP contribution in [0.4, 0.5) is 35.1 Å². The summed E-state index contributed by atoms with van der Waals surface area (Å²) in [6.07, 6.45) is 17.3. The first-order valence-electron chi connectivity index (χ1n) is 15.8. The molecule has 3 aliphatic carbocycles. The predicted octanol–water partition coefficient (Wildman–Crippen LogP) is 12.1. The fraction of sp³-hybridized carbons (Fsp3) is 0.500. The summed E-state index contributed by atoms with van der Waals surface area (Å²) in [5, 5.41) is 0. The highest BCUT2D eigenvalue weighted by molar-refractivity contribution is 5.60. The summed E-state index contributed by atoms with van der Waals surface area (Å²) in [5.41, 5.74) is -0.378. The van der Waals surface area contributed by atoms with E-state index in [1.807, 2.05) is 0 Å². The van der Waals surface area contributed by atoms with Crippen LogP contribution in [0, 0.1) is 52.8 Å². The Morgan fingerprint density at radius 2 is 0.841 bits per heavy atom. The molecule has 0 heterocycles. The molecule has 0 aromatic heterocycles. The quantitative estimate of drug-likeness (QED) is 0.164. The summed E-state index contributed by atoms with van der Waals surface area (Å²) in [5.74, 6) is -6.01. The maximum atomic E-state index is 14.6. The van der Waals surface area contributed by atoms with Gasteiger partial charge in [-0.1, -0.05) is 24.3 Å². The minimum absolute atomic E-state index is 0.0550. The molecule has 0 atom stereocenters. The van der Waals surface area contributed by atoms with E-state index in [9.17, 15) is 35.1 Å². The molecule has 44 heavy (non-hydrogen) atoms. The van der Waals surface area contributed by atoms with Crippen LogP contribution in [-0.2, 0) is 0 Å². The summed E-state index contributed by atoms with van der Waals surface area (Å²) in [7, 11) is 0. The summed E-state index contributed by atoms with van der Waals surface area (Å²) < 4.78 is 108. The first-order chi connectivity index (χ1) is 21.1. The smallest absolute Gasteiger partial charge is 0.207 e. The minimum Gasteiger partial charge on any atom is -0.207 e. The van der Waals surface area contributed by atoms with Crippen LogP contribution in [0.5, 0.6) is 0 Å². The minimum atomic E-state index is -2.60. The third-order valence-electron chi connectivity index (χ3n) is 10.1. The van der Waals surface area contributed by atoms with Gasteiger partial charge in [-0.05, 0) is 142 Å². The number of allylic oxidation sites excluding steroid dienone is 4. The maximum Gasteiger partial charge on any atom is 0.306 e. The van der Waals surface area contributed by atoms with Crippen molar-refractivity contribution >= 4 is 5.83 Å². The number of hydrogen-bond donors (Lipinski definition) is 0. The molecule has 0 saturated heterocycles. The molecule has 0 spiro atoms. The number of hydrogen-bond acceptors (Lipinski definition) is 0. The van der Waals surface area contributed by atoms with Gasteiger partial charge in [-0.2, -0.15) is 8.78 Å². The van der Waals surface area contributed by atoms with Crippen LogP contribution in [-0.4, -0.2) is 0 Å². The molecule has 8 heteroatoms. The van der Waals surface area contributed by atoms with Crippen molar-refractivity contribution in [2.24, 2.45) is 23.7 Å². The summed E-state index contributed by atoms with van der Waals surface area (Å²) >= 11 is 0. The normalized spacial score (nSPS) is 28.1. The monoisotopic (exact) mass is 622 g/mol. The molecule has 238 valence electrons. The van der Waals surface area contributed by atoms with Crippen LogP contribution in [0.25, 0.3) is 5.83 Å². The van der Waals surface area contributed by atoms with E-state index in [2.05, 4.69) is 24.3 Å². The Hall–Kier alpha value is -2.90. The molecule has 0 aliphatic heterocycles. The van der Waals surface area contributed by atoms with Gasteiger partial charge >= 0.3 is 6.08 Å². The molecule has 0 amide bonds. The lowest BCUT2D eigenvalue weighted by atomic mass is 9.76. The Balaban J connectivity index is 1.03. The zero-order valence-corrected chi connectivity index (χ0v) is 24.6. The van der Waals surface area contributed by atoms with E-state index in [0.29, 0.717) is 54.2 Å². The van der Waals surface area contributed by atoms with Crippen molar-refractivity contribution in [2.45, 2.75) is 88.9 Å². The van der Waals surface area contributed by atoms with Crippen molar-refractivity contribution in [1.82, 2.24) is 0 Å². The zero-order valence-electron chi connectivity index (χ0n) is 24.6. The molecular formula is C36H38F8. The Labute approximate surface area is 253 Å². The Morgan fingerprint density at radius 3 is 1.23 bits per heavy atom. The van der Waals surface area contributed by atoms with Gasteiger partial charge < -0.3 is 0 Å². The average Bonchev–Trinajstić information content (AvgIpc) is 3.02. The summed E-state index contributed by atoms with van der Waals surface area (Å²) in [6.45, 7) is 0. The first kappa shape index (κ1) is 32.5. The number of halogens is 8. The van der Waals surface area contributed by atoms with Crippen LogP contribution < -0.4 is 0 Å². The molecule has 5 rings (SSSR count). The van der Waals surface area contributed by atoms with Crippen LogP contribution >= 0.6 is 0 Å². The first-order valence-corrected chi connectivity index (χ1v) is 15.8. The third kappa shape index (κ3) is 7.84. The van der Waals surface area contributed by atoms with Crippen molar-refractivity contribution < 1.29 is 35.1 Å². The highest BCUT2D eigenvalue weighted by Gasteiger charge is 2.28. The van der Waals surface area contributed by atoms with Gasteiger partial charge in [0.05, 0.1) is 0 Å². The molecule has 0 bridgehead atoms. The molecule has 3 aliphatic rings. The van der Waals surface area contributed by atoms with Gasteiger partial charge in [-0.15, -0.1) is 0 Å². The second kappa shape index (κ2) is 14.5. The molecular weight excluding hydrogens is 584 g/mol. The lowest BCUT2D eigenvalue weighted by Crippen LogP contribution is -2.16. The van der Waals surface area contributed by atoms with Gasteiger partial charge in [-0.25, -0.2) is 26.3 Å². The lowest BCUT2D eigenvalue weighted by molar-refractivity contribution is 0.340. The Morgan fingerprint density at radius 1 is 0.477 bits per heavy atom. The van der Waals surface area contributed by atoms with E-state index in [1.165, 1.54) is 0 Å². The molecule has 2 aromatic carbocycles. The summed E-state index contributed by atoms with van der Waals surface area (Å²) in [6, 6.07) is 3.56. The van der Waals surface area contributed by atoms with Crippen molar-refractivity contribution in [3.05, 3.63) is 100 Å². The fourth-order valence-corrected chi connectivity index (χ4v) is 7.42. The fourth-order valence-electron chi connectivity index (χ4n) is 7.42. The van der Waals surface area contributed by atoms with Gasteiger partial charge in [0.1, 0.15) is 11.6 Å². The van der Waals surface area contributed by atoms with E-state index in [1.54, 1.807) is 0 Å². The van der Waals surface area contributed by atoms with Crippen molar-refractivity contribution in [3.63, 3.8) is 0 Å². The van der Waals surface area contributed by atoms with E-state index in [4.69, 9.17) is 0 Å². The molecule has 0 N–H and O–H groups in total. The number of rotatable bonds is 7. The third-order valence-corrected chi connectivity index (χ3v) is 10.1. The molecule has 0 unspecified atom stereocenters. The van der Waals surface area contributed by atoms with Gasteiger partial charge in [0.2, 0.25) is 0 Å². The van der Waals surface area contributed by atoms with Gasteiger partial charge in [0.15, 0.2) is 23.3 Å².